The number of alkyl halides is 5. The highest BCUT2D eigenvalue weighted by atomic mass is 19.4. The number of nitrogens with zero attached hydrogens (tertiary/aromatic N) is 2. The summed E-state index contributed by atoms with van der Waals surface area (Å²) >= 11 is 0. The number of piperidine rings is 1. The lowest BCUT2D eigenvalue weighted by atomic mass is 9.39. The number of hydrogen-bond acceptors (Lipinski definition) is 4. The summed E-state index contributed by atoms with van der Waals surface area (Å²) in [6, 6.07) is 3.84. The van der Waals surface area contributed by atoms with Crippen molar-refractivity contribution in [1.82, 2.24) is 14.8 Å². The van der Waals surface area contributed by atoms with Gasteiger partial charge in [-0.1, -0.05) is 18.2 Å². The predicted octanol–water partition coefficient (Wildman–Crippen LogP) is 4.83. The van der Waals surface area contributed by atoms with E-state index in [1.807, 2.05) is 7.05 Å². The van der Waals surface area contributed by atoms with Gasteiger partial charge in [0.1, 0.15) is 5.82 Å². The molecule has 0 unspecified atom stereocenters. The molecule has 2 aromatic rings. The number of halogens is 6. The van der Waals surface area contributed by atoms with E-state index in [9.17, 15) is 35.9 Å². The van der Waals surface area contributed by atoms with Gasteiger partial charge in [0.25, 0.3) is 17.9 Å². The number of hydrogen-bond donors (Lipinski definition) is 2. The van der Waals surface area contributed by atoms with Crippen LogP contribution in [0.2, 0.25) is 0 Å². The molecule has 5 fully saturated rings. The van der Waals surface area contributed by atoms with Crippen molar-refractivity contribution in [2.75, 3.05) is 25.5 Å². The van der Waals surface area contributed by atoms with E-state index in [1.54, 1.807) is 0 Å². The van der Waals surface area contributed by atoms with E-state index >= 15 is 0 Å². The van der Waals surface area contributed by atoms with Crippen molar-refractivity contribution in [2.45, 2.75) is 56.4 Å². The molecule has 2 bridgehead atoms. The minimum Gasteiger partial charge on any atom is -0.381 e. The number of nitrogens with one attached hydrogen (secondary N) is 2. The Balaban J connectivity index is 1.30. The van der Waals surface area contributed by atoms with Gasteiger partial charge in [0, 0.05) is 37.0 Å². The maximum atomic E-state index is 14.7. The number of likely N-dealkylation sites (tertiary alicyclic amines) is 1. The first-order valence-electron chi connectivity index (χ1n) is 12.9. The molecule has 6 nitrogen and oxygen atoms in total. The first kappa shape index (κ1) is 26.2. The molecule has 4 atom stereocenters. The SMILES string of the molecule is C[C@@H](NC(=O)c1cn(C23CC(C(F)(F)F)(C2)C3)c(=O)cc1N[C@H]1[C@@H]2CN(C)C[C@@H]21)c1cccc(C(F)F)c1F. The van der Waals surface area contributed by atoms with Gasteiger partial charge in [0.2, 0.25) is 0 Å². The summed E-state index contributed by atoms with van der Waals surface area (Å²) in [4.78, 5) is 28.8. The molecule has 1 saturated heterocycles. The Morgan fingerprint density at radius 1 is 1.10 bits per heavy atom. The third-order valence-electron chi connectivity index (χ3n) is 9.22. The molecule has 0 spiro atoms. The zero-order valence-electron chi connectivity index (χ0n) is 21.3. The number of fused-ring (bicyclic) bond motifs is 1. The molecule has 1 aliphatic heterocycles. The predicted molar refractivity (Wildman–Crippen MR) is 130 cm³/mol. The smallest absolute Gasteiger partial charge is 0.381 e. The summed E-state index contributed by atoms with van der Waals surface area (Å²) in [7, 11) is 2.00. The molecule has 4 saturated carbocycles. The quantitative estimate of drug-likeness (QED) is 0.482. The lowest BCUT2D eigenvalue weighted by Crippen LogP contribution is -2.74. The van der Waals surface area contributed by atoms with Crippen LogP contribution in [-0.2, 0) is 5.54 Å². The summed E-state index contributed by atoms with van der Waals surface area (Å²) in [5, 5.41) is 5.90. The molecule has 5 aliphatic rings. The lowest BCUT2D eigenvalue weighted by molar-refractivity contribution is -0.354. The Hall–Kier alpha value is -3.02. The summed E-state index contributed by atoms with van der Waals surface area (Å²) in [6.45, 7) is 3.17. The van der Waals surface area contributed by atoms with Crippen LogP contribution in [-0.4, -0.2) is 47.7 Å². The standard InChI is InChI=1S/C27H28F6N4O2/c1-13(14-4-3-5-15(21(14)28)23(29)30)34-24(39)18-9-37(26-10-25(11-26,12-26)27(31,32)33)20(38)6-19(18)35-22-16-7-36(2)8-17(16)22/h3-6,9,13,16-17,22-23,35H,7-8,10-12H2,1-2H3,(H,34,39)/t13-,16-,17+,22+,25?,26?/m1/s1. The van der Waals surface area contributed by atoms with E-state index in [1.165, 1.54) is 35.9 Å². The van der Waals surface area contributed by atoms with Crippen molar-refractivity contribution in [2.24, 2.45) is 17.3 Å². The highest BCUT2D eigenvalue weighted by molar-refractivity contribution is 5.99. The maximum absolute atomic E-state index is 14.7. The molecule has 4 aliphatic carbocycles. The van der Waals surface area contributed by atoms with Crippen molar-refractivity contribution >= 4 is 11.6 Å². The van der Waals surface area contributed by atoms with Crippen LogP contribution in [0.25, 0.3) is 0 Å². The van der Waals surface area contributed by atoms with Gasteiger partial charge in [0.05, 0.1) is 33.8 Å². The second kappa shape index (κ2) is 8.49. The second-order valence-electron chi connectivity index (χ2n) is 11.8. The number of carbonyl (C=O) groups is 1. The van der Waals surface area contributed by atoms with E-state index in [2.05, 4.69) is 15.5 Å². The molecule has 39 heavy (non-hydrogen) atoms. The van der Waals surface area contributed by atoms with Crippen molar-refractivity contribution in [3.05, 3.63) is 63.3 Å². The van der Waals surface area contributed by atoms with Crippen LogP contribution < -0.4 is 16.2 Å². The molecule has 2 N–H and O–H groups in total. The zero-order chi connectivity index (χ0) is 28.1. The molecular weight excluding hydrogens is 526 g/mol. The van der Waals surface area contributed by atoms with E-state index in [4.69, 9.17) is 0 Å². The Morgan fingerprint density at radius 2 is 1.72 bits per heavy atom. The number of amides is 1. The largest absolute Gasteiger partial charge is 0.394 e. The Morgan fingerprint density at radius 3 is 2.31 bits per heavy atom. The number of benzene rings is 1. The van der Waals surface area contributed by atoms with E-state index < -0.39 is 52.4 Å². The zero-order valence-corrected chi connectivity index (χ0v) is 21.3. The third-order valence-corrected chi connectivity index (χ3v) is 9.22. The average molecular weight is 555 g/mol. The van der Waals surface area contributed by atoms with Crippen molar-refractivity contribution in [3.63, 3.8) is 0 Å². The van der Waals surface area contributed by atoms with Crippen LogP contribution in [0, 0.1) is 23.1 Å². The Bertz CT molecular complexity index is 1370. The van der Waals surface area contributed by atoms with Gasteiger partial charge < -0.3 is 20.1 Å². The number of aromatic nitrogens is 1. The fourth-order valence-electron chi connectivity index (χ4n) is 7.05. The van der Waals surface area contributed by atoms with Crippen LogP contribution >= 0.6 is 0 Å². The number of anilines is 1. The van der Waals surface area contributed by atoms with Crippen molar-refractivity contribution in [3.8, 4) is 0 Å². The Labute approximate surface area is 220 Å². The van der Waals surface area contributed by atoms with Gasteiger partial charge in [0.15, 0.2) is 0 Å². The van der Waals surface area contributed by atoms with Crippen molar-refractivity contribution < 1.29 is 31.1 Å². The van der Waals surface area contributed by atoms with Crippen LogP contribution in [0.3, 0.4) is 0 Å². The summed E-state index contributed by atoms with van der Waals surface area (Å²) in [5.74, 6) is -1.11. The topological polar surface area (TPSA) is 66.4 Å². The van der Waals surface area contributed by atoms with Gasteiger partial charge in [-0.25, -0.2) is 13.2 Å². The normalized spacial score (nSPS) is 31.8. The molecule has 0 radical (unpaired) electrons. The molecule has 12 heteroatoms. The highest BCUT2D eigenvalue weighted by Gasteiger charge is 2.79. The fraction of sp³-hybridized carbons (Fsp3) is 0.556. The first-order valence-corrected chi connectivity index (χ1v) is 12.9. The van der Waals surface area contributed by atoms with E-state index in [0.29, 0.717) is 11.8 Å². The number of rotatable bonds is 7. The van der Waals surface area contributed by atoms with Crippen molar-refractivity contribution in [1.29, 1.82) is 0 Å². The van der Waals surface area contributed by atoms with Crippen LogP contribution in [0.4, 0.5) is 32.0 Å². The van der Waals surface area contributed by atoms with Gasteiger partial charge in [-0.3, -0.25) is 9.59 Å². The minimum atomic E-state index is -4.36. The van der Waals surface area contributed by atoms with Crippen LogP contribution in [0.1, 0.15) is 60.1 Å². The molecule has 1 aromatic heterocycles. The minimum absolute atomic E-state index is 0.0379. The second-order valence-corrected chi connectivity index (χ2v) is 11.8. The summed E-state index contributed by atoms with van der Waals surface area (Å²) in [5.41, 5.74) is -3.91. The molecule has 1 aromatic carbocycles. The number of carbonyl (C=O) groups excluding carboxylic acids is 1. The first-order chi connectivity index (χ1) is 18.3. The van der Waals surface area contributed by atoms with Crippen LogP contribution in [0.5, 0.6) is 0 Å². The molecule has 210 valence electrons. The van der Waals surface area contributed by atoms with Gasteiger partial charge in [-0.15, -0.1) is 0 Å². The van der Waals surface area contributed by atoms with Crippen LogP contribution in [0.15, 0.2) is 35.3 Å². The maximum Gasteiger partial charge on any atom is 0.394 e. The van der Waals surface area contributed by atoms with Gasteiger partial charge in [-0.05, 0) is 45.1 Å². The monoisotopic (exact) mass is 554 g/mol. The average Bonchev–Trinajstić information content (AvgIpc) is 3.22. The molecule has 1 amide bonds. The lowest BCUT2D eigenvalue weighted by Gasteiger charge is -2.70. The molecular formula is C27H28F6N4O2. The summed E-state index contributed by atoms with van der Waals surface area (Å²) in [6.07, 6.45) is -6.77. The van der Waals surface area contributed by atoms with Gasteiger partial charge >= 0.3 is 6.18 Å². The highest BCUT2D eigenvalue weighted by Crippen LogP contribution is 2.76. The Kier molecular flexibility index (Phi) is 5.71. The fourth-order valence-corrected chi connectivity index (χ4v) is 7.05. The summed E-state index contributed by atoms with van der Waals surface area (Å²) < 4.78 is 82.7. The van der Waals surface area contributed by atoms with E-state index in [-0.39, 0.29) is 42.1 Å². The number of pyridine rings is 1. The van der Waals surface area contributed by atoms with E-state index in [0.717, 1.165) is 19.2 Å². The molecule has 7 rings (SSSR count). The van der Waals surface area contributed by atoms with Gasteiger partial charge in [-0.2, -0.15) is 13.2 Å². The third kappa shape index (κ3) is 3.96. The molecule has 2 heterocycles.